The molecule has 7 nitrogen and oxygen atoms in total. The summed E-state index contributed by atoms with van der Waals surface area (Å²) in [6.07, 6.45) is 5.41. The zero-order valence-corrected chi connectivity index (χ0v) is 36.8. The number of benzene rings is 3. The van der Waals surface area contributed by atoms with E-state index in [0.29, 0.717) is 32.8 Å². The van der Waals surface area contributed by atoms with Gasteiger partial charge in [0.05, 0.1) is 21.3 Å². The van der Waals surface area contributed by atoms with Crippen LogP contribution in [-0.4, -0.2) is 53.6 Å². The number of nitrogens with zero attached hydrogens (tertiary/aromatic N) is 1. The molecule has 13 heteroatoms. The van der Waals surface area contributed by atoms with Crippen molar-refractivity contribution in [1.82, 2.24) is 5.32 Å². The molecule has 4 rings (SSSR count). The fraction of sp³-hybridized carbons (Fsp3) is 0.310. The summed E-state index contributed by atoms with van der Waals surface area (Å²) in [7, 11) is 5.00. The summed E-state index contributed by atoms with van der Waals surface area (Å²) in [6.45, 7) is 2.25. The third kappa shape index (κ3) is 21.3. The molecule has 1 heterocycles. The molecule has 3 aromatic carbocycles. The monoisotopic (exact) mass is 1250 g/mol. The molecule has 1 aliphatic rings. The van der Waals surface area contributed by atoms with E-state index in [-0.39, 0.29) is 24.0 Å². The van der Waals surface area contributed by atoms with Gasteiger partial charge < -0.3 is 25.3 Å². The van der Waals surface area contributed by atoms with Crippen molar-refractivity contribution >= 4 is 111 Å². The quantitative estimate of drug-likeness (QED) is 0.179. The van der Waals surface area contributed by atoms with E-state index in [1.54, 1.807) is 21.3 Å². The van der Waals surface area contributed by atoms with E-state index in [9.17, 15) is 4.79 Å². The van der Waals surface area contributed by atoms with E-state index in [2.05, 4.69) is 103 Å². The number of carbonyl (C=O) groups excluding carboxylic acids is 1. The fourth-order valence-corrected chi connectivity index (χ4v) is 3.50. The van der Waals surface area contributed by atoms with Gasteiger partial charge in [0.25, 0.3) is 0 Å². The maximum absolute atomic E-state index is 9.98. The van der Waals surface area contributed by atoms with Crippen LogP contribution in [0.15, 0.2) is 71.7 Å². The predicted octanol–water partition coefficient (Wildman–Crippen LogP) is 5.02. The Morgan fingerprint density at radius 3 is 1.90 bits per heavy atom. The van der Waals surface area contributed by atoms with Gasteiger partial charge in [0.2, 0.25) is 6.41 Å². The van der Waals surface area contributed by atoms with Crippen LogP contribution in [-0.2, 0) is 24.1 Å². The third-order valence-electron chi connectivity index (χ3n) is 5.43. The fourth-order valence-electron chi connectivity index (χ4n) is 3.50. The van der Waals surface area contributed by atoms with Gasteiger partial charge in [-0.25, -0.2) is 0 Å². The average Bonchev–Trinajstić information content (AvgIpc) is 3.03. The summed E-state index contributed by atoms with van der Waals surface area (Å²) in [5, 5.41) is 2.61. The number of nitrogens with two attached hydrogens (primary N) is 1. The zero-order chi connectivity index (χ0) is 30.7. The van der Waals surface area contributed by atoms with Gasteiger partial charge in [-0.15, -0.1) is 24.0 Å². The minimum atomic E-state index is 0. The first-order valence-electron chi connectivity index (χ1n) is 12.4. The second-order valence-corrected chi connectivity index (χ2v) is 24.2. The number of halogens is 6. The van der Waals surface area contributed by atoms with Gasteiger partial charge in [-0.1, -0.05) is 24.3 Å². The molecule has 0 fully saturated rings. The molecular weight excluding hydrogens is 1220 g/mol. The Hall–Kier alpha value is 0.540. The van der Waals surface area contributed by atoms with Crippen molar-refractivity contribution < 1.29 is 32.3 Å². The number of amides is 1. The van der Waals surface area contributed by atoms with Gasteiger partial charge in [0.15, 0.2) is 0 Å². The molecule has 42 heavy (non-hydrogen) atoms. The van der Waals surface area contributed by atoms with Crippen LogP contribution in [0, 0.1) is 0 Å². The van der Waals surface area contributed by atoms with Gasteiger partial charge in [0.1, 0.15) is 17.2 Å². The molecule has 0 atom stereocenters. The number of ether oxygens (including phenoxy) is 3. The van der Waals surface area contributed by atoms with Crippen LogP contribution >= 0.6 is 98.4 Å². The van der Waals surface area contributed by atoms with E-state index >= 15 is 0 Å². The molecule has 0 bridgehead atoms. The van der Waals surface area contributed by atoms with Crippen molar-refractivity contribution in [3.05, 3.63) is 89.0 Å². The summed E-state index contributed by atoms with van der Waals surface area (Å²) >= 11 is 9.54. The number of aliphatic imine (C=N–C) groups is 1. The van der Waals surface area contributed by atoms with Gasteiger partial charge >= 0.3 is 50.5 Å². The molecular formula is C29H38I6N3O4-. The number of hydrogen-bond acceptors (Lipinski definition) is 6. The maximum atomic E-state index is 9.98. The van der Waals surface area contributed by atoms with E-state index in [1.165, 1.54) is 16.7 Å². The topological polar surface area (TPSA) is 95.2 Å². The number of rotatable bonds is 9. The SMILES string of the molecule is COc1ccc2c(c1)CCN=C2.COc1cccc(CCN)c1.COc1cccc(CCNC=O)c1.I.II.I[I-]I. The Kier molecular flexibility index (Phi) is 33.5. The van der Waals surface area contributed by atoms with Gasteiger partial charge in [-0.05, 0) is 90.5 Å². The molecule has 0 saturated carbocycles. The Balaban J connectivity index is 0. The minimum absolute atomic E-state index is 0. The summed E-state index contributed by atoms with van der Waals surface area (Å²) < 4.78 is 15.3. The number of hydrogen-bond donors (Lipinski definition) is 2. The van der Waals surface area contributed by atoms with E-state index in [1.807, 2.05) is 54.7 Å². The molecule has 236 valence electrons. The number of nitrogens with one attached hydrogen (secondary N) is 1. The first-order chi connectivity index (χ1) is 20.0. The molecule has 3 aromatic rings. The predicted molar refractivity (Wildman–Crippen MR) is 217 cm³/mol. The molecule has 3 N–H and O–H groups in total. The molecule has 0 aromatic heterocycles. The first-order valence-corrected chi connectivity index (χ1v) is 31.2. The summed E-state index contributed by atoms with van der Waals surface area (Å²) in [5.74, 6) is 2.68. The van der Waals surface area contributed by atoms with Gasteiger partial charge in [0, 0.05) is 56.5 Å². The second kappa shape index (κ2) is 31.5. The van der Waals surface area contributed by atoms with Crippen LogP contribution in [0.5, 0.6) is 17.2 Å². The van der Waals surface area contributed by atoms with Crippen molar-refractivity contribution in [2.24, 2.45) is 10.7 Å². The third-order valence-corrected chi connectivity index (χ3v) is 5.43. The Morgan fingerprint density at radius 2 is 1.40 bits per heavy atom. The van der Waals surface area contributed by atoms with Crippen LogP contribution in [0.4, 0.5) is 0 Å². The number of carbonyl (C=O) groups is 1. The average molecular weight is 1250 g/mol. The summed E-state index contributed by atoms with van der Waals surface area (Å²) in [4.78, 5) is 14.2. The standard InChI is InChI=1S/C10H13NO2.C10H11NO.C9H13NO.I3.I2.HI/c1-13-10-4-2-3-9(7-10)5-6-11-8-12;1-12-10-3-2-9-7-11-5-4-8(9)6-10;1-11-9-4-2-3-8(7-9)5-6-10;1-3-2;1-2;/h2-4,7-8H,5-6H2,1H3,(H,11,12);2-3,6-7H,4-5H2,1H3;2-4,7H,5-6,10H2,1H3;;;1H/q;;;-1;;. The van der Waals surface area contributed by atoms with Crippen molar-refractivity contribution in [2.75, 3.05) is 41.0 Å². The molecule has 0 aliphatic carbocycles. The van der Waals surface area contributed by atoms with E-state index in [0.717, 1.165) is 48.6 Å². The van der Waals surface area contributed by atoms with Crippen LogP contribution in [0.1, 0.15) is 22.3 Å². The molecule has 0 spiro atoms. The van der Waals surface area contributed by atoms with Gasteiger partial charge in [-0.2, -0.15) is 0 Å². The summed E-state index contributed by atoms with van der Waals surface area (Å²) in [5.41, 5.74) is 10.4. The van der Waals surface area contributed by atoms with E-state index in [4.69, 9.17) is 19.9 Å². The van der Waals surface area contributed by atoms with Crippen molar-refractivity contribution in [1.29, 1.82) is 0 Å². The second-order valence-electron chi connectivity index (χ2n) is 7.97. The van der Waals surface area contributed by atoms with E-state index < -0.39 is 0 Å². The van der Waals surface area contributed by atoms with Crippen LogP contribution in [0.2, 0.25) is 0 Å². The van der Waals surface area contributed by atoms with Crippen LogP contribution in [0.3, 0.4) is 0 Å². The normalized spacial score (nSPS) is 10.1. The zero-order valence-electron chi connectivity index (χ0n) is 23.7. The Bertz CT molecular complexity index is 1130. The summed E-state index contributed by atoms with van der Waals surface area (Å²) in [6, 6.07) is 21.9. The van der Waals surface area contributed by atoms with Crippen molar-refractivity contribution in [2.45, 2.75) is 19.3 Å². The Labute approximate surface area is 321 Å². The molecule has 1 amide bonds. The molecule has 0 unspecified atom stereocenters. The van der Waals surface area contributed by atoms with Gasteiger partial charge in [-0.3, -0.25) is 9.79 Å². The van der Waals surface area contributed by atoms with Crippen molar-refractivity contribution in [3.63, 3.8) is 0 Å². The van der Waals surface area contributed by atoms with Crippen molar-refractivity contribution in [3.8, 4) is 17.2 Å². The number of fused-ring (bicyclic) bond motifs is 1. The first kappa shape index (κ1) is 44.7. The van der Waals surface area contributed by atoms with Crippen LogP contribution in [0.25, 0.3) is 0 Å². The molecule has 0 saturated heterocycles. The number of methoxy groups -OCH3 is 3. The Morgan fingerprint density at radius 1 is 0.881 bits per heavy atom. The molecule has 0 radical (unpaired) electrons. The molecule has 1 aliphatic heterocycles. The van der Waals surface area contributed by atoms with Crippen LogP contribution < -0.4 is 38.5 Å².